The minimum absolute atomic E-state index is 0.149. The first-order valence-electron chi connectivity index (χ1n) is 8.33. The number of carboxylic acids is 1. The van der Waals surface area contributed by atoms with Crippen molar-refractivity contribution >= 4 is 28.9 Å². The standard InChI is InChI=1S/C21H14N2O3S/c22-11-12-6-8-13(9-7-12)15-10-16(24)23-18-17(14-4-2-1-3-5-14)20(21(25)26)27-19(15)18/h1-9,15H,10H2,(H,23,24)(H,25,26)/t15-/m1/s1. The van der Waals surface area contributed by atoms with E-state index in [1.165, 1.54) is 11.3 Å². The molecule has 1 aliphatic heterocycles. The molecule has 0 bridgehead atoms. The second kappa shape index (κ2) is 6.71. The summed E-state index contributed by atoms with van der Waals surface area (Å²) in [5.41, 5.74) is 3.32. The van der Waals surface area contributed by atoms with Gasteiger partial charge in [0.1, 0.15) is 4.88 Å². The third-order valence-corrected chi connectivity index (χ3v) is 5.90. The highest BCUT2D eigenvalue weighted by molar-refractivity contribution is 7.15. The molecular formula is C21H14N2O3S. The number of hydrogen-bond donors (Lipinski definition) is 2. The maximum Gasteiger partial charge on any atom is 0.346 e. The van der Waals surface area contributed by atoms with E-state index in [1.54, 1.807) is 12.1 Å². The van der Waals surface area contributed by atoms with Gasteiger partial charge in [0.15, 0.2) is 0 Å². The van der Waals surface area contributed by atoms with E-state index < -0.39 is 5.97 Å². The first-order valence-corrected chi connectivity index (χ1v) is 9.15. The lowest BCUT2D eigenvalue weighted by Gasteiger charge is -2.24. The Morgan fingerprint density at radius 1 is 1.15 bits per heavy atom. The molecule has 2 N–H and O–H groups in total. The van der Waals surface area contributed by atoms with Crippen LogP contribution >= 0.6 is 11.3 Å². The molecule has 0 fully saturated rings. The van der Waals surface area contributed by atoms with E-state index in [1.807, 2.05) is 42.5 Å². The molecule has 1 atom stereocenters. The molecule has 0 saturated heterocycles. The van der Waals surface area contributed by atoms with E-state index in [9.17, 15) is 14.7 Å². The lowest BCUT2D eigenvalue weighted by molar-refractivity contribution is -0.116. The van der Waals surface area contributed by atoms with Crippen molar-refractivity contribution in [2.24, 2.45) is 0 Å². The third kappa shape index (κ3) is 2.98. The quantitative estimate of drug-likeness (QED) is 0.708. The number of carbonyl (C=O) groups is 2. The van der Waals surface area contributed by atoms with Crippen molar-refractivity contribution in [3.63, 3.8) is 0 Å². The fourth-order valence-corrected chi connectivity index (χ4v) is 4.62. The Hall–Kier alpha value is -3.43. The number of amides is 1. The van der Waals surface area contributed by atoms with Gasteiger partial charge in [-0.2, -0.15) is 5.26 Å². The van der Waals surface area contributed by atoms with Crippen LogP contribution in [0, 0.1) is 11.3 Å². The van der Waals surface area contributed by atoms with E-state index in [0.717, 1.165) is 16.0 Å². The van der Waals surface area contributed by atoms with Gasteiger partial charge in [-0.1, -0.05) is 42.5 Å². The summed E-state index contributed by atoms with van der Waals surface area (Å²) in [6, 6.07) is 18.4. The number of hydrogen-bond acceptors (Lipinski definition) is 4. The zero-order chi connectivity index (χ0) is 19.0. The highest BCUT2D eigenvalue weighted by Gasteiger charge is 2.34. The van der Waals surface area contributed by atoms with Crippen molar-refractivity contribution in [3.8, 4) is 17.2 Å². The van der Waals surface area contributed by atoms with E-state index in [-0.39, 0.29) is 23.1 Å². The Morgan fingerprint density at radius 2 is 1.85 bits per heavy atom. The van der Waals surface area contributed by atoms with Crippen LogP contribution in [-0.2, 0) is 4.79 Å². The van der Waals surface area contributed by atoms with Gasteiger partial charge in [-0.05, 0) is 23.3 Å². The van der Waals surface area contributed by atoms with Crippen LogP contribution in [0.5, 0.6) is 0 Å². The average Bonchev–Trinajstić information content (AvgIpc) is 3.07. The lowest BCUT2D eigenvalue weighted by atomic mass is 9.88. The van der Waals surface area contributed by atoms with Gasteiger partial charge in [-0.25, -0.2) is 4.79 Å². The molecule has 0 aliphatic carbocycles. The van der Waals surface area contributed by atoms with Gasteiger partial charge in [0.05, 0.1) is 17.3 Å². The number of nitrogens with one attached hydrogen (secondary N) is 1. The summed E-state index contributed by atoms with van der Waals surface area (Å²) >= 11 is 1.20. The number of thiophene rings is 1. The number of nitriles is 1. The predicted molar refractivity (Wildman–Crippen MR) is 103 cm³/mol. The Kier molecular flexibility index (Phi) is 4.22. The Labute approximate surface area is 159 Å². The molecule has 0 unspecified atom stereocenters. The molecule has 1 aliphatic rings. The van der Waals surface area contributed by atoms with Crippen LogP contribution in [0.25, 0.3) is 11.1 Å². The number of benzene rings is 2. The van der Waals surface area contributed by atoms with Crippen LogP contribution < -0.4 is 5.32 Å². The van der Waals surface area contributed by atoms with Gasteiger partial charge < -0.3 is 10.4 Å². The summed E-state index contributed by atoms with van der Waals surface area (Å²) in [5.74, 6) is -1.40. The van der Waals surface area contributed by atoms with Gasteiger partial charge in [0.2, 0.25) is 5.91 Å². The van der Waals surface area contributed by atoms with Crippen LogP contribution in [0.3, 0.4) is 0 Å². The lowest BCUT2D eigenvalue weighted by Crippen LogP contribution is -2.22. The highest BCUT2D eigenvalue weighted by Crippen LogP contribution is 2.49. The van der Waals surface area contributed by atoms with Crippen LogP contribution in [0.2, 0.25) is 0 Å². The summed E-state index contributed by atoms with van der Waals surface area (Å²) in [6.45, 7) is 0. The van der Waals surface area contributed by atoms with Crippen molar-refractivity contribution in [3.05, 3.63) is 75.5 Å². The monoisotopic (exact) mass is 374 g/mol. The molecular weight excluding hydrogens is 360 g/mol. The van der Waals surface area contributed by atoms with Gasteiger partial charge in [0, 0.05) is 22.8 Å². The zero-order valence-corrected chi connectivity index (χ0v) is 14.9. The number of rotatable bonds is 3. The second-order valence-electron chi connectivity index (χ2n) is 6.26. The van der Waals surface area contributed by atoms with Crippen molar-refractivity contribution < 1.29 is 14.7 Å². The molecule has 132 valence electrons. The number of carbonyl (C=O) groups excluding carboxylic acids is 1. The normalized spacial score (nSPS) is 15.5. The van der Waals surface area contributed by atoms with Crippen LogP contribution in [0.4, 0.5) is 5.69 Å². The van der Waals surface area contributed by atoms with Crippen LogP contribution in [0.1, 0.15) is 38.0 Å². The molecule has 6 heteroatoms. The summed E-state index contributed by atoms with van der Waals surface area (Å²) in [5, 5.41) is 21.6. The molecule has 2 heterocycles. The molecule has 2 aromatic carbocycles. The second-order valence-corrected chi connectivity index (χ2v) is 7.31. The minimum atomic E-state index is -1.01. The van der Waals surface area contributed by atoms with E-state index in [2.05, 4.69) is 11.4 Å². The van der Waals surface area contributed by atoms with Gasteiger partial charge in [0.25, 0.3) is 0 Å². The van der Waals surface area contributed by atoms with E-state index in [4.69, 9.17) is 5.26 Å². The first-order chi connectivity index (χ1) is 13.1. The molecule has 0 radical (unpaired) electrons. The van der Waals surface area contributed by atoms with E-state index >= 15 is 0 Å². The maximum atomic E-state index is 12.4. The largest absolute Gasteiger partial charge is 0.477 e. The Bertz CT molecular complexity index is 1080. The Balaban J connectivity index is 1.91. The molecule has 27 heavy (non-hydrogen) atoms. The average molecular weight is 374 g/mol. The third-order valence-electron chi connectivity index (χ3n) is 4.60. The fraction of sp³-hybridized carbons (Fsp3) is 0.0952. The highest BCUT2D eigenvalue weighted by atomic mass is 32.1. The minimum Gasteiger partial charge on any atom is -0.477 e. The molecule has 1 aromatic heterocycles. The number of nitrogens with zero attached hydrogens (tertiary/aromatic N) is 1. The van der Waals surface area contributed by atoms with Crippen molar-refractivity contribution in [2.45, 2.75) is 12.3 Å². The summed E-state index contributed by atoms with van der Waals surface area (Å²) < 4.78 is 0. The zero-order valence-electron chi connectivity index (χ0n) is 14.1. The van der Waals surface area contributed by atoms with Gasteiger partial charge >= 0.3 is 5.97 Å². The number of anilines is 1. The van der Waals surface area contributed by atoms with Crippen LogP contribution in [0.15, 0.2) is 54.6 Å². The van der Waals surface area contributed by atoms with Gasteiger partial charge in [-0.3, -0.25) is 4.79 Å². The SMILES string of the molecule is N#Cc1ccc([C@H]2CC(=O)Nc3c2sc(C(=O)O)c3-c2ccccc2)cc1. The first kappa shape index (κ1) is 17.0. The Morgan fingerprint density at radius 3 is 2.48 bits per heavy atom. The smallest absolute Gasteiger partial charge is 0.346 e. The molecule has 3 aromatic rings. The summed E-state index contributed by atoms with van der Waals surface area (Å²) in [6.07, 6.45) is 0.243. The number of fused-ring (bicyclic) bond motifs is 1. The summed E-state index contributed by atoms with van der Waals surface area (Å²) in [7, 11) is 0. The maximum absolute atomic E-state index is 12.4. The molecule has 4 rings (SSSR count). The van der Waals surface area contributed by atoms with Crippen molar-refractivity contribution in [2.75, 3.05) is 5.32 Å². The molecule has 1 amide bonds. The van der Waals surface area contributed by atoms with Crippen LogP contribution in [-0.4, -0.2) is 17.0 Å². The van der Waals surface area contributed by atoms with Crippen molar-refractivity contribution in [1.82, 2.24) is 0 Å². The number of carboxylic acid groups (broad SMARTS) is 1. The molecule has 0 saturated carbocycles. The number of aromatic carboxylic acids is 1. The molecule has 5 nitrogen and oxygen atoms in total. The van der Waals surface area contributed by atoms with Crippen molar-refractivity contribution in [1.29, 1.82) is 5.26 Å². The van der Waals surface area contributed by atoms with E-state index in [0.29, 0.717) is 16.8 Å². The predicted octanol–water partition coefficient (Wildman–Crippen LogP) is 4.46. The fourth-order valence-electron chi connectivity index (χ4n) is 3.38. The molecule has 0 spiro atoms. The summed E-state index contributed by atoms with van der Waals surface area (Å²) in [4.78, 5) is 25.3. The van der Waals surface area contributed by atoms with Gasteiger partial charge in [-0.15, -0.1) is 11.3 Å². The topological polar surface area (TPSA) is 90.2 Å².